The highest BCUT2D eigenvalue weighted by molar-refractivity contribution is 4.65. The summed E-state index contributed by atoms with van der Waals surface area (Å²) in [6, 6.07) is 0. The van der Waals surface area contributed by atoms with Crippen LogP contribution in [-0.2, 0) is 0 Å². The van der Waals surface area contributed by atoms with E-state index in [1.165, 1.54) is 96.3 Å². The van der Waals surface area contributed by atoms with Gasteiger partial charge in [0.1, 0.15) is 0 Å². The fourth-order valence-electron chi connectivity index (χ4n) is 2.83. The fraction of sp³-hybridized carbons (Fsp3) is 0.950. The molecule has 0 N–H and O–H groups in total. The Kier molecular flexibility index (Phi) is 17.1. The van der Waals surface area contributed by atoms with Gasteiger partial charge in [-0.1, -0.05) is 117 Å². The van der Waals surface area contributed by atoms with Crippen LogP contribution in [0.3, 0.4) is 0 Å². The lowest BCUT2D eigenvalue weighted by Gasteiger charge is -2.07. The Hall–Kier alpha value is 0. The highest BCUT2D eigenvalue weighted by atomic mass is 14.0. The highest BCUT2D eigenvalue weighted by Gasteiger charge is 1.98. The first kappa shape index (κ1) is 20.0. The lowest BCUT2D eigenvalue weighted by atomic mass is 9.99. The summed E-state index contributed by atoms with van der Waals surface area (Å²) in [4.78, 5) is 0. The van der Waals surface area contributed by atoms with E-state index in [2.05, 4.69) is 27.2 Å². The molecule has 0 aliphatic heterocycles. The average Bonchev–Trinajstić information content (AvgIpc) is 2.47. The molecule has 0 bridgehead atoms. The third-order valence-electron chi connectivity index (χ3n) is 4.58. The van der Waals surface area contributed by atoms with Crippen LogP contribution in [0.25, 0.3) is 0 Å². The molecule has 0 aliphatic carbocycles. The number of hydrogen-bond acceptors (Lipinski definition) is 0. The van der Waals surface area contributed by atoms with Crippen molar-refractivity contribution in [3.05, 3.63) is 6.42 Å². The van der Waals surface area contributed by atoms with Gasteiger partial charge in [-0.15, -0.1) is 0 Å². The molecule has 0 spiro atoms. The SMILES string of the molecule is C[CH]C(C)CCCCCCCCCCCCCCCC. The van der Waals surface area contributed by atoms with E-state index in [1.54, 1.807) is 0 Å². The number of rotatable bonds is 16. The van der Waals surface area contributed by atoms with Crippen molar-refractivity contribution in [3.8, 4) is 0 Å². The fourth-order valence-corrected chi connectivity index (χ4v) is 2.83. The summed E-state index contributed by atoms with van der Waals surface area (Å²) in [6.45, 7) is 6.82. The lowest BCUT2D eigenvalue weighted by Crippen LogP contribution is -1.92. The molecule has 0 aromatic carbocycles. The van der Waals surface area contributed by atoms with Gasteiger partial charge in [-0.05, 0) is 12.3 Å². The second-order valence-electron chi connectivity index (χ2n) is 6.70. The maximum atomic E-state index is 2.34. The molecule has 1 radical (unpaired) electrons. The molecule has 0 saturated carbocycles. The summed E-state index contributed by atoms with van der Waals surface area (Å²) in [5.74, 6) is 0.826. The topological polar surface area (TPSA) is 0 Å². The van der Waals surface area contributed by atoms with E-state index in [9.17, 15) is 0 Å². The van der Waals surface area contributed by atoms with E-state index in [0.29, 0.717) is 0 Å². The highest BCUT2D eigenvalue weighted by Crippen LogP contribution is 2.15. The van der Waals surface area contributed by atoms with Gasteiger partial charge in [0.05, 0.1) is 0 Å². The van der Waals surface area contributed by atoms with Gasteiger partial charge in [-0.25, -0.2) is 0 Å². The van der Waals surface area contributed by atoms with Crippen molar-refractivity contribution in [2.24, 2.45) is 5.92 Å². The third kappa shape index (κ3) is 16.1. The van der Waals surface area contributed by atoms with Gasteiger partial charge in [0.2, 0.25) is 0 Å². The zero-order valence-corrected chi connectivity index (χ0v) is 14.8. The van der Waals surface area contributed by atoms with Crippen molar-refractivity contribution >= 4 is 0 Å². The van der Waals surface area contributed by atoms with Crippen LogP contribution >= 0.6 is 0 Å². The Labute approximate surface area is 130 Å². The predicted octanol–water partition coefficient (Wildman–Crippen LogP) is 7.72. The van der Waals surface area contributed by atoms with Gasteiger partial charge in [-0.2, -0.15) is 0 Å². The van der Waals surface area contributed by atoms with Crippen LogP contribution in [0, 0.1) is 12.3 Å². The van der Waals surface area contributed by atoms with Crippen LogP contribution in [-0.4, -0.2) is 0 Å². The van der Waals surface area contributed by atoms with Gasteiger partial charge >= 0.3 is 0 Å². The maximum absolute atomic E-state index is 2.34. The monoisotopic (exact) mass is 281 g/mol. The van der Waals surface area contributed by atoms with Crippen LogP contribution in [0.1, 0.15) is 117 Å². The summed E-state index contributed by atoms with van der Waals surface area (Å²) in [7, 11) is 0. The largest absolute Gasteiger partial charge is 0.0654 e. The van der Waals surface area contributed by atoms with Gasteiger partial charge in [0.25, 0.3) is 0 Å². The molecule has 0 fully saturated rings. The molecule has 0 heterocycles. The summed E-state index contributed by atoms with van der Waals surface area (Å²) < 4.78 is 0. The smallest absolute Gasteiger partial charge is 0.0389 e. The van der Waals surface area contributed by atoms with Crippen molar-refractivity contribution in [3.63, 3.8) is 0 Å². The van der Waals surface area contributed by atoms with Crippen LogP contribution in [0.2, 0.25) is 0 Å². The minimum absolute atomic E-state index is 0.826. The average molecular weight is 282 g/mol. The maximum Gasteiger partial charge on any atom is -0.0389 e. The van der Waals surface area contributed by atoms with Gasteiger partial charge in [-0.3, -0.25) is 0 Å². The third-order valence-corrected chi connectivity index (χ3v) is 4.58. The molecule has 0 nitrogen and oxygen atoms in total. The first-order valence-corrected chi connectivity index (χ1v) is 9.60. The summed E-state index contributed by atoms with van der Waals surface area (Å²) >= 11 is 0. The second kappa shape index (κ2) is 17.1. The molecule has 0 saturated heterocycles. The van der Waals surface area contributed by atoms with Crippen molar-refractivity contribution in [1.82, 2.24) is 0 Å². The Morgan fingerprint density at radius 1 is 0.600 bits per heavy atom. The molecule has 0 heteroatoms. The Morgan fingerprint density at radius 3 is 1.30 bits per heavy atom. The molecule has 0 rings (SSSR count). The summed E-state index contributed by atoms with van der Waals surface area (Å²) in [5.41, 5.74) is 0. The van der Waals surface area contributed by atoms with Crippen molar-refractivity contribution in [2.75, 3.05) is 0 Å². The van der Waals surface area contributed by atoms with Crippen molar-refractivity contribution < 1.29 is 0 Å². The molecule has 0 amide bonds. The molecular weight excluding hydrogens is 240 g/mol. The van der Waals surface area contributed by atoms with E-state index < -0.39 is 0 Å². The van der Waals surface area contributed by atoms with Gasteiger partial charge in [0.15, 0.2) is 0 Å². The molecule has 0 aromatic rings. The summed E-state index contributed by atoms with van der Waals surface area (Å²) in [5, 5.41) is 0. The molecule has 0 aromatic heterocycles. The number of hydrogen-bond donors (Lipinski definition) is 0. The zero-order chi connectivity index (χ0) is 14.9. The Bertz CT molecular complexity index is 161. The molecule has 20 heavy (non-hydrogen) atoms. The molecule has 121 valence electrons. The second-order valence-corrected chi connectivity index (χ2v) is 6.70. The minimum atomic E-state index is 0.826. The normalized spacial score (nSPS) is 12.8. The van der Waals surface area contributed by atoms with Crippen LogP contribution in [0.15, 0.2) is 0 Å². The van der Waals surface area contributed by atoms with E-state index in [-0.39, 0.29) is 0 Å². The quantitative estimate of drug-likeness (QED) is 0.254. The van der Waals surface area contributed by atoms with Crippen molar-refractivity contribution in [1.29, 1.82) is 0 Å². The van der Waals surface area contributed by atoms with Crippen LogP contribution in [0.5, 0.6) is 0 Å². The molecular formula is C20H41. The minimum Gasteiger partial charge on any atom is -0.0654 e. The molecule has 0 aliphatic rings. The van der Waals surface area contributed by atoms with Gasteiger partial charge in [0, 0.05) is 0 Å². The van der Waals surface area contributed by atoms with E-state index >= 15 is 0 Å². The first-order chi connectivity index (χ1) is 9.81. The van der Waals surface area contributed by atoms with E-state index in [1.807, 2.05) is 0 Å². The van der Waals surface area contributed by atoms with Crippen LogP contribution < -0.4 is 0 Å². The Balaban J connectivity index is 2.96. The van der Waals surface area contributed by atoms with E-state index in [0.717, 1.165) is 5.92 Å². The predicted molar refractivity (Wildman–Crippen MR) is 94.1 cm³/mol. The van der Waals surface area contributed by atoms with Crippen LogP contribution in [0.4, 0.5) is 0 Å². The van der Waals surface area contributed by atoms with Crippen molar-refractivity contribution in [2.45, 2.75) is 117 Å². The molecule has 1 unspecified atom stereocenters. The first-order valence-electron chi connectivity index (χ1n) is 9.60. The Morgan fingerprint density at radius 2 is 0.950 bits per heavy atom. The zero-order valence-electron chi connectivity index (χ0n) is 14.8. The number of unbranched alkanes of at least 4 members (excludes halogenated alkanes) is 13. The molecule has 1 atom stereocenters. The summed E-state index contributed by atoms with van der Waals surface area (Å²) in [6.07, 6.45) is 24.2. The lowest BCUT2D eigenvalue weighted by molar-refractivity contribution is 0.510. The standard InChI is InChI=1S/C20H41/c1-4-6-7-8-9-10-11-12-13-14-15-16-17-18-19-20(3)5-2/h5,20H,4,6-19H2,1-3H3. The van der Waals surface area contributed by atoms with Gasteiger partial charge < -0.3 is 0 Å². The van der Waals surface area contributed by atoms with E-state index in [4.69, 9.17) is 0 Å².